The first-order chi connectivity index (χ1) is 6.26. The molecule has 0 atom stereocenters. The summed E-state index contributed by atoms with van der Waals surface area (Å²) in [5, 5.41) is 0.483. The van der Waals surface area contributed by atoms with Gasteiger partial charge < -0.3 is 0 Å². The van der Waals surface area contributed by atoms with Gasteiger partial charge in [-0.3, -0.25) is 0 Å². The van der Waals surface area contributed by atoms with Crippen molar-refractivity contribution in [2.24, 2.45) is 0 Å². The molecule has 13 heavy (non-hydrogen) atoms. The van der Waals surface area contributed by atoms with Gasteiger partial charge in [-0.25, -0.2) is 9.97 Å². The summed E-state index contributed by atoms with van der Waals surface area (Å²) in [5.41, 5.74) is 0.984. The highest BCUT2D eigenvalue weighted by Crippen LogP contribution is 2.10. The number of alkyl halides is 1. The van der Waals surface area contributed by atoms with Crippen molar-refractivity contribution >= 4 is 23.2 Å². The standard InChI is InChI=1S/C9H12Cl2N2/c1-2-3-4-7-5-8(11)13-9(6-10)12-7/h5H,2-4,6H2,1H3. The molecule has 0 fully saturated rings. The molecule has 0 unspecified atom stereocenters. The lowest BCUT2D eigenvalue weighted by molar-refractivity contribution is 0.767. The van der Waals surface area contributed by atoms with E-state index in [-0.39, 0.29) is 0 Å². The van der Waals surface area contributed by atoms with Crippen LogP contribution < -0.4 is 0 Å². The van der Waals surface area contributed by atoms with Crippen LogP contribution in [0.4, 0.5) is 0 Å². The average Bonchev–Trinajstić information content (AvgIpc) is 2.14. The molecule has 0 aromatic carbocycles. The smallest absolute Gasteiger partial charge is 0.145 e. The minimum Gasteiger partial charge on any atom is -0.237 e. The SMILES string of the molecule is CCCCc1cc(Cl)nc(CCl)n1. The lowest BCUT2D eigenvalue weighted by Crippen LogP contribution is -1.97. The number of rotatable bonds is 4. The summed E-state index contributed by atoms with van der Waals surface area (Å²) in [4.78, 5) is 8.24. The summed E-state index contributed by atoms with van der Waals surface area (Å²) < 4.78 is 0. The van der Waals surface area contributed by atoms with E-state index in [0.29, 0.717) is 16.9 Å². The molecule has 1 heterocycles. The maximum Gasteiger partial charge on any atom is 0.145 e. The minimum atomic E-state index is 0.319. The molecule has 0 radical (unpaired) electrons. The first-order valence-electron chi connectivity index (χ1n) is 4.34. The molecular formula is C9H12Cl2N2. The van der Waals surface area contributed by atoms with Gasteiger partial charge >= 0.3 is 0 Å². The van der Waals surface area contributed by atoms with Gasteiger partial charge in [-0.2, -0.15) is 0 Å². The largest absolute Gasteiger partial charge is 0.237 e. The molecule has 0 saturated heterocycles. The Morgan fingerprint density at radius 3 is 2.77 bits per heavy atom. The van der Waals surface area contributed by atoms with Crippen LogP contribution in [0.15, 0.2) is 6.07 Å². The summed E-state index contributed by atoms with van der Waals surface area (Å²) in [6.45, 7) is 2.14. The van der Waals surface area contributed by atoms with Crippen molar-refractivity contribution in [2.75, 3.05) is 0 Å². The average molecular weight is 219 g/mol. The third kappa shape index (κ3) is 3.49. The number of hydrogen-bond acceptors (Lipinski definition) is 2. The highest BCUT2D eigenvalue weighted by molar-refractivity contribution is 6.29. The molecule has 72 valence electrons. The van der Waals surface area contributed by atoms with Gasteiger partial charge in [0.25, 0.3) is 0 Å². The molecule has 0 aliphatic heterocycles. The molecule has 0 spiro atoms. The first kappa shape index (κ1) is 10.7. The van der Waals surface area contributed by atoms with Gasteiger partial charge in [-0.15, -0.1) is 11.6 Å². The summed E-state index contributed by atoms with van der Waals surface area (Å²) in [5.74, 6) is 0.930. The molecule has 0 N–H and O–H groups in total. The van der Waals surface area contributed by atoms with Crippen LogP contribution in [-0.4, -0.2) is 9.97 Å². The topological polar surface area (TPSA) is 25.8 Å². The van der Waals surface area contributed by atoms with Gasteiger partial charge in [0.05, 0.1) is 5.88 Å². The molecule has 4 heteroatoms. The Hall–Kier alpha value is -0.340. The minimum absolute atomic E-state index is 0.319. The maximum atomic E-state index is 5.80. The van der Waals surface area contributed by atoms with E-state index < -0.39 is 0 Å². The zero-order chi connectivity index (χ0) is 9.68. The third-order valence-corrected chi connectivity index (χ3v) is 2.13. The molecule has 1 aromatic heterocycles. The fourth-order valence-corrected chi connectivity index (χ4v) is 1.40. The van der Waals surface area contributed by atoms with Crippen LogP contribution in [0.25, 0.3) is 0 Å². The molecular weight excluding hydrogens is 207 g/mol. The van der Waals surface area contributed by atoms with E-state index in [0.717, 1.165) is 25.0 Å². The Balaban J connectivity index is 2.76. The van der Waals surface area contributed by atoms with Gasteiger partial charge in [-0.1, -0.05) is 24.9 Å². The van der Waals surface area contributed by atoms with E-state index in [1.54, 1.807) is 6.07 Å². The van der Waals surface area contributed by atoms with Crippen LogP contribution in [0.3, 0.4) is 0 Å². The first-order valence-corrected chi connectivity index (χ1v) is 5.25. The quantitative estimate of drug-likeness (QED) is 0.574. The van der Waals surface area contributed by atoms with E-state index in [1.165, 1.54) is 0 Å². The number of halogens is 2. The normalized spacial score (nSPS) is 10.4. The predicted octanol–water partition coefficient (Wildman–Crippen LogP) is 3.21. The number of nitrogens with zero attached hydrogens (tertiary/aromatic N) is 2. The second-order valence-electron chi connectivity index (χ2n) is 2.84. The second kappa shape index (κ2) is 5.40. The fourth-order valence-electron chi connectivity index (χ4n) is 1.06. The van der Waals surface area contributed by atoms with Crippen LogP contribution in [-0.2, 0) is 12.3 Å². The van der Waals surface area contributed by atoms with Crippen molar-refractivity contribution in [1.82, 2.24) is 9.97 Å². The summed E-state index contributed by atoms with van der Waals surface area (Å²) in [6, 6.07) is 1.80. The van der Waals surface area contributed by atoms with E-state index in [2.05, 4.69) is 16.9 Å². The summed E-state index contributed by atoms with van der Waals surface area (Å²) in [7, 11) is 0. The Labute approximate surface area is 88.3 Å². The second-order valence-corrected chi connectivity index (χ2v) is 3.49. The lowest BCUT2D eigenvalue weighted by atomic mass is 10.2. The molecule has 1 aromatic rings. The Morgan fingerprint density at radius 2 is 2.15 bits per heavy atom. The predicted molar refractivity (Wildman–Crippen MR) is 55.2 cm³/mol. The van der Waals surface area contributed by atoms with Crippen LogP contribution >= 0.6 is 23.2 Å². The zero-order valence-corrected chi connectivity index (χ0v) is 9.07. The van der Waals surface area contributed by atoms with E-state index >= 15 is 0 Å². The van der Waals surface area contributed by atoms with Crippen LogP contribution in [0.2, 0.25) is 5.15 Å². The Bertz CT molecular complexity index is 276. The van der Waals surface area contributed by atoms with Crippen molar-refractivity contribution in [2.45, 2.75) is 32.1 Å². The van der Waals surface area contributed by atoms with E-state index in [4.69, 9.17) is 23.2 Å². The highest BCUT2D eigenvalue weighted by Gasteiger charge is 2.01. The van der Waals surface area contributed by atoms with Crippen molar-refractivity contribution in [3.05, 3.63) is 22.7 Å². The number of aromatic nitrogens is 2. The Kier molecular flexibility index (Phi) is 4.46. The summed E-state index contributed by atoms with van der Waals surface area (Å²) in [6.07, 6.45) is 3.22. The fraction of sp³-hybridized carbons (Fsp3) is 0.556. The molecule has 1 rings (SSSR count). The van der Waals surface area contributed by atoms with Gasteiger partial charge in [0.15, 0.2) is 0 Å². The molecule has 2 nitrogen and oxygen atoms in total. The van der Waals surface area contributed by atoms with Crippen LogP contribution in [0, 0.1) is 0 Å². The lowest BCUT2D eigenvalue weighted by Gasteiger charge is -2.01. The van der Waals surface area contributed by atoms with Gasteiger partial charge in [-0.05, 0) is 18.9 Å². The van der Waals surface area contributed by atoms with Gasteiger partial charge in [0, 0.05) is 5.69 Å². The third-order valence-electron chi connectivity index (χ3n) is 1.70. The summed E-state index contributed by atoms with van der Waals surface area (Å²) >= 11 is 11.4. The zero-order valence-electron chi connectivity index (χ0n) is 7.56. The Morgan fingerprint density at radius 1 is 1.38 bits per heavy atom. The van der Waals surface area contributed by atoms with Crippen LogP contribution in [0.1, 0.15) is 31.3 Å². The monoisotopic (exact) mass is 218 g/mol. The van der Waals surface area contributed by atoms with E-state index in [1.807, 2.05) is 0 Å². The number of unbranched alkanes of at least 4 members (excludes halogenated alkanes) is 1. The van der Waals surface area contributed by atoms with Crippen molar-refractivity contribution in [3.63, 3.8) is 0 Å². The van der Waals surface area contributed by atoms with Crippen LogP contribution in [0.5, 0.6) is 0 Å². The highest BCUT2D eigenvalue weighted by atomic mass is 35.5. The maximum absolute atomic E-state index is 5.80. The van der Waals surface area contributed by atoms with Gasteiger partial charge in [0.1, 0.15) is 11.0 Å². The van der Waals surface area contributed by atoms with Crippen molar-refractivity contribution in [3.8, 4) is 0 Å². The number of hydrogen-bond donors (Lipinski definition) is 0. The molecule has 0 bridgehead atoms. The van der Waals surface area contributed by atoms with Crippen molar-refractivity contribution in [1.29, 1.82) is 0 Å². The van der Waals surface area contributed by atoms with E-state index in [9.17, 15) is 0 Å². The molecule has 0 amide bonds. The molecule has 0 saturated carbocycles. The molecule has 0 aliphatic rings. The van der Waals surface area contributed by atoms with Gasteiger partial charge in [0.2, 0.25) is 0 Å². The van der Waals surface area contributed by atoms with Crippen molar-refractivity contribution < 1.29 is 0 Å². The molecule has 0 aliphatic carbocycles. The number of aryl methyl sites for hydroxylation is 1.